The van der Waals surface area contributed by atoms with Gasteiger partial charge in [-0.2, -0.15) is 0 Å². The molecule has 2 nitrogen and oxygen atoms in total. The summed E-state index contributed by atoms with van der Waals surface area (Å²) in [7, 11) is 3.99. The molecule has 0 aliphatic heterocycles. The largest absolute Gasteiger partial charge is 0.391 e. The summed E-state index contributed by atoms with van der Waals surface area (Å²) in [6.45, 7) is 7.79. The first-order valence-electron chi connectivity index (χ1n) is 4.45. The minimum Gasteiger partial charge on any atom is -0.391 e. The van der Waals surface area contributed by atoms with Crippen LogP contribution < -0.4 is 0 Å². The summed E-state index contributed by atoms with van der Waals surface area (Å²) in [5.74, 6) is 0. The van der Waals surface area contributed by atoms with Crippen molar-refractivity contribution in [2.75, 3.05) is 14.1 Å². The SMILES string of the molecule is C=CCC(O)C(C)(CC)N(C)C. The molecule has 0 bridgehead atoms. The molecule has 2 heteroatoms. The van der Waals surface area contributed by atoms with E-state index in [4.69, 9.17) is 0 Å². The van der Waals surface area contributed by atoms with Gasteiger partial charge in [0.1, 0.15) is 0 Å². The van der Waals surface area contributed by atoms with Gasteiger partial charge in [-0.25, -0.2) is 0 Å². The Morgan fingerprint density at radius 2 is 2.08 bits per heavy atom. The number of nitrogens with zero attached hydrogens (tertiary/aromatic N) is 1. The maximum absolute atomic E-state index is 9.83. The van der Waals surface area contributed by atoms with Gasteiger partial charge in [0.2, 0.25) is 0 Å². The fourth-order valence-electron chi connectivity index (χ4n) is 1.26. The van der Waals surface area contributed by atoms with Crippen molar-refractivity contribution < 1.29 is 5.11 Å². The minimum absolute atomic E-state index is 0.131. The quantitative estimate of drug-likeness (QED) is 0.636. The van der Waals surface area contributed by atoms with Gasteiger partial charge in [0.25, 0.3) is 0 Å². The summed E-state index contributed by atoms with van der Waals surface area (Å²) in [6.07, 6.45) is 3.04. The molecule has 0 aromatic heterocycles. The molecule has 0 saturated heterocycles. The van der Waals surface area contributed by atoms with Crippen molar-refractivity contribution in [2.45, 2.75) is 38.3 Å². The number of hydrogen-bond donors (Lipinski definition) is 1. The predicted molar refractivity (Wildman–Crippen MR) is 53.2 cm³/mol. The van der Waals surface area contributed by atoms with Crippen molar-refractivity contribution in [1.29, 1.82) is 0 Å². The van der Waals surface area contributed by atoms with E-state index in [0.717, 1.165) is 6.42 Å². The number of likely N-dealkylation sites (N-methyl/N-ethyl adjacent to an activating group) is 1. The summed E-state index contributed by atoms with van der Waals surface area (Å²) in [6, 6.07) is 0. The average Bonchev–Trinajstić information content (AvgIpc) is 2.03. The normalized spacial score (nSPS) is 18.8. The van der Waals surface area contributed by atoms with Crippen LogP contribution in [0.25, 0.3) is 0 Å². The lowest BCUT2D eigenvalue weighted by Crippen LogP contribution is -2.50. The van der Waals surface area contributed by atoms with Gasteiger partial charge in [0.05, 0.1) is 6.10 Å². The Bertz CT molecular complexity index is 145. The third-order valence-electron chi connectivity index (χ3n) is 2.85. The van der Waals surface area contributed by atoms with Gasteiger partial charge < -0.3 is 10.0 Å². The summed E-state index contributed by atoms with van der Waals surface area (Å²) in [5, 5.41) is 9.83. The molecular weight excluding hydrogens is 150 g/mol. The lowest BCUT2D eigenvalue weighted by molar-refractivity contribution is 0.00466. The average molecular weight is 171 g/mol. The molecule has 0 saturated carbocycles. The van der Waals surface area contributed by atoms with Crippen molar-refractivity contribution in [2.24, 2.45) is 0 Å². The van der Waals surface area contributed by atoms with E-state index in [-0.39, 0.29) is 11.6 Å². The van der Waals surface area contributed by atoms with Crippen LogP contribution in [0.1, 0.15) is 26.7 Å². The molecule has 2 atom stereocenters. The molecule has 0 aromatic carbocycles. The van der Waals surface area contributed by atoms with Crippen LogP contribution in [-0.2, 0) is 0 Å². The van der Waals surface area contributed by atoms with Gasteiger partial charge in [0.15, 0.2) is 0 Å². The third-order valence-corrected chi connectivity index (χ3v) is 2.85. The summed E-state index contributed by atoms with van der Waals surface area (Å²) in [5.41, 5.74) is -0.131. The van der Waals surface area contributed by atoms with Gasteiger partial charge in [-0.15, -0.1) is 6.58 Å². The van der Waals surface area contributed by atoms with Crippen molar-refractivity contribution in [1.82, 2.24) is 4.90 Å². The Morgan fingerprint density at radius 3 is 2.33 bits per heavy atom. The second-order valence-corrected chi connectivity index (χ2v) is 3.65. The minimum atomic E-state index is -0.324. The summed E-state index contributed by atoms with van der Waals surface area (Å²) in [4.78, 5) is 2.07. The molecule has 0 radical (unpaired) electrons. The van der Waals surface area contributed by atoms with Crippen molar-refractivity contribution in [3.63, 3.8) is 0 Å². The van der Waals surface area contributed by atoms with Crippen LogP contribution in [-0.4, -0.2) is 35.7 Å². The van der Waals surface area contributed by atoms with Crippen LogP contribution >= 0.6 is 0 Å². The molecule has 72 valence electrons. The van der Waals surface area contributed by atoms with Crippen LogP contribution in [0.5, 0.6) is 0 Å². The monoisotopic (exact) mass is 171 g/mol. The molecular formula is C10H21NO. The van der Waals surface area contributed by atoms with E-state index in [0.29, 0.717) is 6.42 Å². The number of aliphatic hydroxyl groups is 1. The highest BCUT2D eigenvalue weighted by Gasteiger charge is 2.32. The molecule has 2 unspecified atom stereocenters. The third kappa shape index (κ3) is 2.32. The molecule has 12 heavy (non-hydrogen) atoms. The molecule has 0 aromatic rings. The number of rotatable bonds is 5. The van der Waals surface area contributed by atoms with Crippen molar-refractivity contribution in [3.05, 3.63) is 12.7 Å². The zero-order valence-electron chi connectivity index (χ0n) is 8.67. The molecule has 0 rings (SSSR count). The van der Waals surface area contributed by atoms with E-state index in [1.165, 1.54) is 0 Å². The summed E-state index contributed by atoms with van der Waals surface area (Å²) >= 11 is 0. The highest BCUT2D eigenvalue weighted by Crippen LogP contribution is 2.22. The van der Waals surface area contributed by atoms with Crippen LogP contribution in [0.4, 0.5) is 0 Å². The Balaban J connectivity index is 4.38. The standard InChI is InChI=1S/C10H21NO/c1-6-8-9(12)10(3,7-2)11(4)5/h6,9,12H,1,7-8H2,2-5H3. The second-order valence-electron chi connectivity index (χ2n) is 3.65. The topological polar surface area (TPSA) is 23.5 Å². The van der Waals surface area contributed by atoms with E-state index < -0.39 is 0 Å². The zero-order chi connectivity index (χ0) is 9.78. The van der Waals surface area contributed by atoms with Crippen LogP contribution in [0.15, 0.2) is 12.7 Å². The predicted octanol–water partition coefficient (Wildman–Crippen LogP) is 1.65. The molecule has 0 amide bonds. The fraction of sp³-hybridized carbons (Fsp3) is 0.800. The zero-order valence-corrected chi connectivity index (χ0v) is 8.67. The first-order chi connectivity index (χ1) is 5.49. The Morgan fingerprint density at radius 1 is 1.58 bits per heavy atom. The Kier molecular flexibility index (Phi) is 4.50. The Labute approximate surface area is 75.9 Å². The van der Waals surface area contributed by atoms with E-state index >= 15 is 0 Å². The van der Waals surface area contributed by atoms with Crippen LogP contribution in [0.3, 0.4) is 0 Å². The van der Waals surface area contributed by atoms with Gasteiger partial charge in [-0.05, 0) is 33.9 Å². The molecule has 0 aliphatic rings. The molecule has 1 N–H and O–H groups in total. The van der Waals surface area contributed by atoms with Crippen LogP contribution in [0, 0.1) is 0 Å². The van der Waals surface area contributed by atoms with Crippen molar-refractivity contribution >= 4 is 0 Å². The molecule has 0 aliphatic carbocycles. The first-order valence-corrected chi connectivity index (χ1v) is 4.45. The molecule has 0 fully saturated rings. The number of aliphatic hydroxyl groups excluding tert-OH is 1. The lowest BCUT2D eigenvalue weighted by atomic mass is 9.88. The van der Waals surface area contributed by atoms with Gasteiger partial charge in [0, 0.05) is 5.54 Å². The Hall–Kier alpha value is -0.340. The maximum Gasteiger partial charge on any atom is 0.0755 e. The smallest absolute Gasteiger partial charge is 0.0755 e. The van der Waals surface area contributed by atoms with E-state index in [1.807, 2.05) is 14.1 Å². The van der Waals surface area contributed by atoms with Gasteiger partial charge in [-0.1, -0.05) is 13.0 Å². The van der Waals surface area contributed by atoms with Gasteiger partial charge in [-0.3, -0.25) is 0 Å². The molecule has 0 heterocycles. The number of hydrogen-bond acceptors (Lipinski definition) is 2. The van der Waals surface area contributed by atoms with Gasteiger partial charge >= 0.3 is 0 Å². The van der Waals surface area contributed by atoms with Crippen LogP contribution in [0.2, 0.25) is 0 Å². The van der Waals surface area contributed by atoms with E-state index in [2.05, 4.69) is 25.3 Å². The summed E-state index contributed by atoms with van der Waals surface area (Å²) < 4.78 is 0. The highest BCUT2D eigenvalue weighted by molar-refractivity contribution is 4.92. The first kappa shape index (κ1) is 11.7. The van der Waals surface area contributed by atoms with Crippen molar-refractivity contribution in [3.8, 4) is 0 Å². The second kappa shape index (κ2) is 4.63. The lowest BCUT2D eigenvalue weighted by Gasteiger charge is -2.39. The van der Waals surface area contributed by atoms with E-state index in [9.17, 15) is 5.11 Å². The van der Waals surface area contributed by atoms with E-state index in [1.54, 1.807) is 6.08 Å². The highest BCUT2D eigenvalue weighted by atomic mass is 16.3. The maximum atomic E-state index is 9.83. The molecule has 0 spiro atoms. The fourth-order valence-corrected chi connectivity index (χ4v) is 1.26.